The SMILES string of the molecule is COC(=O)N1C2C=CC(C2)N1C(=O)Nc1ccc(Cl)cc1. The Kier molecular flexibility index (Phi) is 3.47. The Morgan fingerprint density at radius 2 is 1.81 bits per heavy atom. The molecule has 110 valence electrons. The van der Waals surface area contributed by atoms with Crippen LogP contribution in [0, 0.1) is 0 Å². The highest BCUT2D eigenvalue weighted by atomic mass is 35.5. The van der Waals surface area contributed by atoms with Crippen LogP contribution in [0.1, 0.15) is 6.42 Å². The average molecular weight is 308 g/mol. The number of carbonyl (C=O) groups is 2. The summed E-state index contributed by atoms with van der Waals surface area (Å²) in [4.78, 5) is 24.3. The van der Waals surface area contributed by atoms with Gasteiger partial charge in [-0.1, -0.05) is 23.8 Å². The highest BCUT2D eigenvalue weighted by molar-refractivity contribution is 6.30. The number of fused-ring (bicyclic) bond motifs is 2. The highest BCUT2D eigenvalue weighted by Gasteiger charge is 2.47. The van der Waals surface area contributed by atoms with Crippen molar-refractivity contribution in [3.05, 3.63) is 41.4 Å². The lowest BCUT2D eigenvalue weighted by atomic mass is 10.2. The first-order valence-electron chi connectivity index (χ1n) is 6.51. The molecule has 1 fully saturated rings. The second kappa shape index (κ2) is 5.29. The predicted octanol–water partition coefficient (Wildman–Crippen LogP) is 2.87. The molecule has 0 spiro atoms. The number of nitrogens with one attached hydrogen (secondary N) is 1. The normalized spacial score (nSPS) is 22.6. The van der Waals surface area contributed by atoms with Crippen LogP contribution < -0.4 is 5.32 Å². The number of nitrogens with zero attached hydrogens (tertiary/aromatic N) is 2. The molecule has 1 aromatic carbocycles. The minimum atomic E-state index is -0.543. The number of anilines is 1. The van der Waals surface area contributed by atoms with E-state index in [9.17, 15) is 9.59 Å². The average Bonchev–Trinajstić information content (AvgIpc) is 3.09. The van der Waals surface area contributed by atoms with Gasteiger partial charge in [0, 0.05) is 10.7 Å². The molecule has 3 rings (SSSR count). The Morgan fingerprint density at radius 1 is 1.19 bits per heavy atom. The zero-order chi connectivity index (χ0) is 15.0. The maximum atomic E-state index is 12.4. The van der Waals surface area contributed by atoms with Crippen LogP contribution in [0.15, 0.2) is 36.4 Å². The van der Waals surface area contributed by atoms with E-state index in [0.29, 0.717) is 17.1 Å². The molecule has 0 saturated carbocycles. The highest BCUT2D eigenvalue weighted by Crippen LogP contribution is 2.33. The summed E-state index contributed by atoms with van der Waals surface area (Å²) in [6.07, 6.45) is 3.99. The summed E-state index contributed by atoms with van der Waals surface area (Å²) in [6.45, 7) is 0. The zero-order valence-corrected chi connectivity index (χ0v) is 12.1. The fraction of sp³-hybridized carbons (Fsp3) is 0.286. The van der Waals surface area contributed by atoms with E-state index in [1.807, 2.05) is 12.2 Å². The molecular weight excluding hydrogens is 294 g/mol. The van der Waals surface area contributed by atoms with E-state index in [2.05, 4.69) is 5.32 Å². The lowest BCUT2D eigenvalue weighted by Gasteiger charge is -2.34. The van der Waals surface area contributed by atoms with Crippen LogP contribution >= 0.6 is 11.6 Å². The Labute approximate surface area is 126 Å². The summed E-state index contributed by atoms with van der Waals surface area (Å²) in [5.41, 5.74) is 0.612. The van der Waals surface area contributed by atoms with E-state index in [1.54, 1.807) is 24.3 Å². The lowest BCUT2D eigenvalue weighted by molar-refractivity contribution is 0.0256. The Balaban J connectivity index is 1.78. The number of hydrazine groups is 1. The van der Waals surface area contributed by atoms with Crippen LogP contribution in [-0.2, 0) is 4.74 Å². The van der Waals surface area contributed by atoms with Crippen LogP contribution in [0.4, 0.5) is 15.3 Å². The van der Waals surface area contributed by atoms with Gasteiger partial charge < -0.3 is 10.1 Å². The monoisotopic (exact) mass is 307 g/mol. The van der Waals surface area contributed by atoms with Crippen molar-refractivity contribution in [3.63, 3.8) is 0 Å². The summed E-state index contributed by atoms with van der Waals surface area (Å²) in [5, 5.41) is 6.08. The van der Waals surface area contributed by atoms with Crippen molar-refractivity contribution < 1.29 is 14.3 Å². The van der Waals surface area contributed by atoms with E-state index in [-0.39, 0.29) is 18.1 Å². The molecule has 2 bridgehead atoms. The Morgan fingerprint density at radius 3 is 2.43 bits per heavy atom. The molecule has 1 aliphatic heterocycles. The van der Waals surface area contributed by atoms with Crippen molar-refractivity contribution in [1.82, 2.24) is 10.0 Å². The van der Waals surface area contributed by atoms with Gasteiger partial charge in [0.25, 0.3) is 0 Å². The molecule has 0 aromatic heterocycles. The van der Waals surface area contributed by atoms with E-state index < -0.39 is 6.09 Å². The first-order chi connectivity index (χ1) is 10.1. The fourth-order valence-corrected chi connectivity index (χ4v) is 2.75. The smallest absolute Gasteiger partial charge is 0.429 e. The molecular formula is C14H14ClN3O3. The number of urea groups is 1. The first kappa shape index (κ1) is 13.8. The molecule has 1 saturated heterocycles. The predicted molar refractivity (Wildman–Crippen MR) is 77.9 cm³/mol. The summed E-state index contributed by atoms with van der Waals surface area (Å²) in [7, 11) is 1.30. The Hall–Kier alpha value is -2.21. The number of hydrogen-bond donors (Lipinski definition) is 1. The topological polar surface area (TPSA) is 61.9 Å². The van der Waals surface area contributed by atoms with E-state index in [1.165, 1.54) is 17.1 Å². The third-order valence-electron chi connectivity index (χ3n) is 3.56. The number of benzene rings is 1. The van der Waals surface area contributed by atoms with Gasteiger partial charge in [0.2, 0.25) is 0 Å². The second-order valence-electron chi connectivity index (χ2n) is 4.85. The van der Waals surface area contributed by atoms with Crippen molar-refractivity contribution in [1.29, 1.82) is 0 Å². The fourth-order valence-electron chi connectivity index (χ4n) is 2.62. The molecule has 6 nitrogen and oxygen atoms in total. The van der Waals surface area contributed by atoms with E-state index in [4.69, 9.17) is 16.3 Å². The first-order valence-corrected chi connectivity index (χ1v) is 6.89. The van der Waals surface area contributed by atoms with Crippen molar-refractivity contribution in [2.24, 2.45) is 0 Å². The minimum Gasteiger partial charge on any atom is -0.452 e. The zero-order valence-electron chi connectivity index (χ0n) is 11.3. The van der Waals surface area contributed by atoms with Gasteiger partial charge in [0.1, 0.15) is 0 Å². The van der Waals surface area contributed by atoms with Gasteiger partial charge in [-0.15, -0.1) is 0 Å². The molecule has 3 amide bonds. The van der Waals surface area contributed by atoms with Crippen LogP contribution in [0.5, 0.6) is 0 Å². The molecule has 2 atom stereocenters. The quantitative estimate of drug-likeness (QED) is 0.812. The number of amides is 3. The van der Waals surface area contributed by atoms with E-state index >= 15 is 0 Å². The van der Waals surface area contributed by atoms with Gasteiger partial charge in [0.05, 0.1) is 19.2 Å². The largest absolute Gasteiger partial charge is 0.452 e. The van der Waals surface area contributed by atoms with Gasteiger partial charge in [0.15, 0.2) is 0 Å². The van der Waals surface area contributed by atoms with Gasteiger partial charge in [-0.3, -0.25) is 0 Å². The lowest BCUT2D eigenvalue weighted by Crippen LogP contribution is -2.53. The van der Waals surface area contributed by atoms with Crippen LogP contribution in [0.25, 0.3) is 0 Å². The number of methoxy groups -OCH3 is 1. The molecule has 2 unspecified atom stereocenters. The molecule has 1 N–H and O–H groups in total. The van der Waals surface area contributed by atoms with Crippen LogP contribution in [0.3, 0.4) is 0 Å². The molecule has 1 heterocycles. The summed E-state index contributed by atoms with van der Waals surface area (Å²) in [5.74, 6) is 0. The van der Waals surface area contributed by atoms with E-state index in [0.717, 1.165) is 0 Å². The standard InChI is InChI=1S/C14H14ClN3O3/c1-21-14(20)18-12-7-6-11(8-12)17(18)13(19)16-10-4-2-9(15)3-5-10/h2-7,11-12H,8H2,1H3,(H,16,19). The number of hydrogen-bond acceptors (Lipinski definition) is 3. The van der Waals surface area contributed by atoms with Crippen molar-refractivity contribution in [2.75, 3.05) is 12.4 Å². The van der Waals surface area contributed by atoms with Crippen LogP contribution in [-0.4, -0.2) is 41.3 Å². The van der Waals surface area contributed by atoms with Crippen molar-refractivity contribution in [3.8, 4) is 0 Å². The third-order valence-corrected chi connectivity index (χ3v) is 3.82. The number of carbonyl (C=O) groups excluding carboxylic acids is 2. The van der Waals surface area contributed by atoms with Gasteiger partial charge in [-0.2, -0.15) is 0 Å². The number of halogens is 1. The van der Waals surface area contributed by atoms with Gasteiger partial charge in [-0.25, -0.2) is 19.6 Å². The molecule has 7 heteroatoms. The minimum absolute atomic E-state index is 0.124. The maximum Gasteiger partial charge on any atom is 0.429 e. The molecule has 1 aliphatic carbocycles. The maximum absolute atomic E-state index is 12.4. The van der Waals surface area contributed by atoms with Gasteiger partial charge in [-0.05, 0) is 30.7 Å². The number of rotatable bonds is 1. The molecule has 2 aliphatic rings. The van der Waals surface area contributed by atoms with Crippen molar-refractivity contribution >= 4 is 29.4 Å². The second-order valence-corrected chi connectivity index (χ2v) is 5.29. The molecule has 21 heavy (non-hydrogen) atoms. The Bertz CT molecular complexity index is 602. The third kappa shape index (κ3) is 2.42. The van der Waals surface area contributed by atoms with Gasteiger partial charge >= 0.3 is 12.1 Å². The summed E-state index contributed by atoms with van der Waals surface area (Å²) < 4.78 is 4.75. The molecule has 0 radical (unpaired) electrons. The summed E-state index contributed by atoms with van der Waals surface area (Å²) >= 11 is 5.81. The summed E-state index contributed by atoms with van der Waals surface area (Å²) in [6, 6.07) is 6.15. The molecule has 1 aromatic rings. The number of ether oxygens (including phenoxy) is 1. The van der Waals surface area contributed by atoms with Crippen molar-refractivity contribution in [2.45, 2.75) is 18.5 Å². The van der Waals surface area contributed by atoms with Crippen LogP contribution in [0.2, 0.25) is 5.02 Å².